The number of benzene rings is 1. The third-order valence-electron chi connectivity index (χ3n) is 7.80. The van der Waals surface area contributed by atoms with Gasteiger partial charge in [-0.25, -0.2) is 14.6 Å². The number of nitrogens with zero attached hydrogens (tertiary/aromatic N) is 7. The Bertz CT molecular complexity index is 1720. The number of nitrogens with two attached hydrogens (primary N) is 1. The molecule has 6 rings (SSSR count). The molecule has 1 fully saturated rings. The molecule has 0 aliphatic carbocycles. The highest BCUT2D eigenvalue weighted by Gasteiger charge is 2.26. The van der Waals surface area contributed by atoms with Gasteiger partial charge in [0.1, 0.15) is 29.3 Å². The Labute approximate surface area is 237 Å². The van der Waals surface area contributed by atoms with Crippen LogP contribution in [0.25, 0.3) is 33.3 Å². The van der Waals surface area contributed by atoms with E-state index in [1.165, 1.54) is 6.33 Å². The van der Waals surface area contributed by atoms with Crippen molar-refractivity contribution < 1.29 is 14.3 Å². The number of carbonyl (C=O) groups excluding carboxylic acids is 1. The van der Waals surface area contributed by atoms with Gasteiger partial charge in [-0.1, -0.05) is 6.07 Å². The van der Waals surface area contributed by atoms with E-state index >= 15 is 0 Å². The highest BCUT2D eigenvalue weighted by molar-refractivity contribution is 6.07. The van der Waals surface area contributed by atoms with Crippen LogP contribution in [0, 0.1) is 0 Å². The van der Waals surface area contributed by atoms with Crippen molar-refractivity contribution in [2.45, 2.75) is 18.9 Å². The maximum absolute atomic E-state index is 13.2. The van der Waals surface area contributed by atoms with Gasteiger partial charge in [-0.05, 0) is 43.2 Å². The normalized spacial score (nSPS) is 14.6. The van der Waals surface area contributed by atoms with Gasteiger partial charge in [0.05, 0.1) is 41.9 Å². The summed E-state index contributed by atoms with van der Waals surface area (Å²) in [4.78, 5) is 28.8. The first-order valence-electron chi connectivity index (χ1n) is 13.6. The van der Waals surface area contributed by atoms with Gasteiger partial charge in [0, 0.05) is 45.6 Å². The maximum Gasteiger partial charge on any atom is 0.272 e. The number of amides is 1. The van der Waals surface area contributed by atoms with E-state index in [0.717, 1.165) is 55.7 Å². The standard InChI is InChI=1S/C29H33N9O3/c1-36-22-5-4-10-31-21(22)16-23(36)29(39)34-20-7-6-18(15-24(20)41-3)26-25-27(30)32-17-33-28(25)38(35-26)19-8-11-37(12-9-19)13-14-40-2/h4-7,10,15-17,19H,8-9,11-14H2,1-3H3,(H,34,39)(H2,30,32,33). The number of rotatable bonds is 8. The lowest BCUT2D eigenvalue weighted by Gasteiger charge is -2.31. The van der Waals surface area contributed by atoms with Gasteiger partial charge in [-0.15, -0.1) is 0 Å². The number of aryl methyl sites for hydroxylation is 1. The molecule has 1 aliphatic heterocycles. The SMILES string of the molecule is COCCN1CCC(n2nc(-c3ccc(NC(=O)c4cc5ncccc5n4C)c(OC)c3)c3c(N)ncnc32)CC1. The number of carbonyl (C=O) groups is 1. The molecule has 0 spiro atoms. The molecular weight excluding hydrogens is 522 g/mol. The quantitative estimate of drug-likeness (QED) is 0.295. The van der Waals surface area contributed by atoms with E-state index in [1.807, 2.05) is 46.6 Å². The van der Waals surface area contributed by atoms with Crippen molar-refractivity contribution in [2.75, 3.05) is 51.5 Å². The Hall–Kier alpha value is -4.55. The number of hydrogen-bond donors (Lipinski definition) is 2. The summed E-state index contributed by atoms with van der Waals surface area (Å²) in [7, 11) is 5.14. The van der Waals surface area contributed by atoms with Crippen LogP contribution in [0.5, 0.6) is 5.75 Å². The molecule has 5 heterocycles. The minimum absolute atomic E-state index is 0.190. The summed E-state index contributed by atoms with van der Waals surface area (Å²) in [5, 5.41) is 8.70. The van der Waals surface area contributed by atoms with Crippen LogP contribution in [0.15, 0.2) is 48.9 Å². The van der Waals surface area contributed by atoms with Crippen LogP contribution in [0.3, 0.4) is 0 Å². The molecule has 0 saturated carbocycles. The second-order valence-electron chi connectivity index (χ2n) is 10.2. The third kappa shape index (κ3) is 4.96. The number of nitrogen functional groups attached to an aromatic ring is 1. The highest BCUT2D eigenvalue weighted by atomic mass is 16.5. The molecule has 1 amide bonds. The fourth-order valence-electron chi connectivity index (χ4n) is 5.57. The van der Waals surface area contributed by atoms with E-state index in [4.69, 9.17) is 20.3 Å². The topological polar surface area (TPSA) is 138 Å². The van der Waals surface area contributed by atoms with E-state index in [0.29, 0.717) is 39.7 Å². The minimum atomic E-state index is -0.263. The Balaban J connectivity index is 1.30. The predicted molar refractivity (Wildman–Crippen MR) is 157 cm³/mol. The molecule has 0 bridgehead atoms. The summed E-state index contributed by atoms with van der Waals surface area (Å²) in [6, 6.07) is 11.3. The first kappa shape index (κ1) is 26.7. The summed E-state index contributed by atoms with van der Waals surface area (Å²) in [5.41, 5.74) is 11.2. The molecule has 1 aromatic carbocycles. The number of nitrogens with one attached hydrogen (secondary N) is 1. The molecular formula is C29H33N9O3. The molecule has 212 valence electrons. The lowest BCUT2D eigenvalue weighted by molar-refractivity contribution is 0.101. The lowest BCUT2D eigenvalue weighted by atomic mass is 10.1. The number of likely N-dealkylation sites (tertiary alicyclic amines) is 1. The molecule has 4 aromatic heterocycles. The number of piperidine rings is 1. The first-order valence-corrected chi connectivity index (χ1v) is 13.6. The fourth-order valence-corrected chi connectivity index (χ4v) is 5.57. The monoisotopic (exact) mass is 555 g/mol. The van der Waals surface area contributed by atoms with Crippen molar-refractivity contribution in [3.63, 3.8) is 0 Å². The summed E-state index contributed by atoms with van der Waals surface area (Å²) in [6.07, 6.45) is 5.08. The average molecular weight is 556 g/mol. The molecule has 41 heavy (non-hydrogen) atoms. The maximum atomic E-state index is 13.2. The van der Waals surface area contributed by atoms with Crippen LogP contribution in [0.2, 0.25) is 0 Å². The molecule has 5 aromatic rings. The Morgan fingerprint density at radius 3 is 2.71 bits per heavy atom. The summed E-state index contributed by atoms with van der Waals surface area (Å²) >= 11 is 0. The second-order valence-corrected chi connectivity index (χ2v) is 10.2. The molecule has 3 N–H and O–H groups in total. The largest absolute Gasteiger partial charge is 0.495 e. The minimum Gasteiger partial charge on any atom is -0.495 e. The van der Waals surface area contributed by atoms with Crippen molar-refractivity contribution in [2.24, 2.45) is 7.05 Å². The first-order chi connectivity index (χ1) is 20.0. The molecule has 0 unspecified atom stereocenters. The summed E-state index contributed by atoms with van der Waals surface area (Å²) in [5.74, 6) is 0.604. The van der Waals surface area contributed by atoms with Gasteiger partial charge in [-0.2, -0.15) is 5.10 Å². The fraction of sp³-hybridized carbons (Fsp3) is 0.345. The predicted octanol–water partition coefficient (Wildman–Crippen LogP) is 3.51. The molecule has 12 heteroatoms. The van der Waals surface area contributed by atoms with Gasteiger partial charge in [-0.3, -0.25) is 9.78 Å². The van der Waals surface area contributed by atoms with Crippen molar-refractivity contribution in [1.29, 1.82) is 0 Å². The zero-order valence-corrected chi connectivity index (χ0v) is 23.4. The molecule has 0 atom stereocenters. The third-order valence-corrected chi connectivity index (χ3v) is 7.80. The Kier molecular flexibility index (Phi) is 7.25. The number of ether oxygens (including phenoxy) is 2. The average Bonchev–Trinajstić information content (AvgIpc) is 3.56. The van der Waals surface area contributed by atoms with Gasteiger partial charge >= 0.3 is 0 Å². The Morgan fingerprint density at radius 1 is 1.12 bits per heavy atom. The molecule has 1 aliphatic rings. The van der Waals surface area contributed by atoms with Crippen molar-refractivity contribution >= 4 is 39.5 Å². The highest BCUT2D eigenvalue weighted by Crippen LogP contribution is 2.37. The van der Waals surface area contributed by atoms with Crippen molar-refractivity contribution in [3.8, 4) is 17.0 Å². The molecule has 1 saturated heterocycles. The van der Waals surface area contributed by atoms with Crippen LogP contribution >= 0.6 is 0 Å². The van der Waals surface area contributed by atoms with Crippen LogP contribution in [0.1, 0.15) is 29.4 Å². The van der Waals surface area contributed by atoms with Crippen LogP contribution < -0.4 is 15.8 Å². The van der Waals surface area contributed by atoms with Gasteiger partial charge in [0.15, 0.2) is 5.65 Å². The van der Waals surface area contributed by atoms with Crippen LogP contribution in [0.4, 0.5) is 11.5 Å². The van der Waals surface area contributed by atoms with E-state index in [2.05, 4.69) is 25.2 Å². The molecule has 0 radical (unpaired) electrons. The van der Waals surface area contributed by atoms with Crippen molar-refractivity contribution in [1.82, 2.24) is 34.2 Å². The Morgan fingerprint density at radius 2 is 1.95 bits per heavy atom. The van der Waals surface area contributed by atoms with E-state index in [-0.39, 0.29) is 11.9 Å². The van der Waals surface area contributed by atoms with Gasteiger partial charge in [0.25, 0.3) is 5.91 Å². The molecule has 12 nitrogen and oxygen atoms in total. The van der Waals surface area contributed by atoms with Gasteiger partial charge in [0.2, 0.25) is 0 Å². The number of aromatic nitrogens is 6. The second kappa shape index (κ2) is 11.1. The zero-order valence-electron chi connectivity index (χ0n) is 23.4. The van der Waals surface area contributed by atoms with Crippen molar-refractivity contribution in [3.05, 3.63) is 54.6 Å². The zero-order chi connectivity index (χ0) is 28.5. The number of methoxy groups -OCH3 is 2. The number of anilines is 2. The van der Waals surface area contributed by atoms with E-state index < -0.39 is 0 Å². The summed E-state index contributed by atoms with van der Waals surface area (Å²) < 4.78 is 14.8. The van der Waals surface area contributed by atoms with Crippen LogP contribution in [-0.4, -0.2) is 80.6 Å². The number of pyridine rings is 1. The number of hydrogen-bond acceptors (Lipinski definition) is 9. The lowest BCUT2D eigenvalue weighted by Crippen LogP contribution is -2.36. The smallest absolute Gasteiger partial charge is 0.272 e. The summed E-state index contributed by atoms with van der Waals surface area (Å²) in [6.45, 7) is 3.56. The van der Waals surface area contributed by atoms with Crippen LogP contribution in [-0.2, 0) is 11.8 Å². The van der Waals surface area contributed by atoms with E-state index in [9.17, 15) is 4.79 Å². The number of fused-ring (bicyclic) bond motifs is 2. The van der Waals surface area contributed by atoms with E-state index in [1.54, 1.807) is 26.5 Å². The van der Waals surface area contributed by atoms with Gasteiger partial charge < -0.3 is 30.0 Å².